The Balaban J connectivity index is 1.76. The van der Waals surface area contributed by atoms with Gasteiger partial charge in [0.15, 0.2) is 5.65 Å². The fourth-order valence-electron chi connectivity index (χ4n) is 3.34. The van der Waals surface area contributed by atoms with Crippen molar-refractivity contribution in [2.24, 2.45) is 0 Å². The van der Waals surface area contributed by atoms with E-state index in [1.165, 1.54) is 0 Å². The second-order valence-electron chi connectivity index (χ2n) is 6.76. The fourth-order valence-corrected chi connectivity index (χ4v) is 3.34. The van der Waals surface area contributed by atoms with Crippen molar-refractivity contribution in [1.82, 2.24) is 30.5 Å². The Hall–Kier alpha value is -3.51. The highest BCUT2D eigenvalue weighted by Gasteiger charge is 2.13. The van der Waals surface area contributed by atoms with E-state index in [-0.39, 0.29) is 0 Å². The molecule has 4 aromatic heterocycles. The molecular weight excluding hydrogens is 360 g/mol. The van der Waals surface area contributed by atoms with Crippen LogP contribution < -0.4 is 5.32 Å². The van der Waals surface area contributed by atoms with Crippen LogP contribution in [0, 0.1) is 0 Å². The van der Waals surface area contributed by atoms with E-state index in [1.807, 2.05) is 37.4 Å². The molecule has 0 aliphatic carbocycles. The molecule has 4 rings (SSSR count). The van der Waals surface area contributed by atoms with Crippen LogP contribution in [0.25, 0.3) is 39.0 Å². The molecule has 0 fully saturated rings. The van der Waals surface area contributed by atoms with Crippen LogP contribution in [0.5, 0.6) is 0 Å². The number of hydrogen-bond acceptors (Lipinski definition) is 4. The van der Waals surface area contributed by atoms with Gasteiger partial charge in [0, 0.05) is 29.9 Å². The van der Waals surface area contributed by atoms with E-state index >= 15 is 0 Å². The number of hydrogen-bond donors (Lipinski definition) is 3. The summed E-state index contributed by atoms with van der Waals surface area (Å²) < 4.78 is 0. The molecule has 0 saturated heterocycles. The summed E-state index contributed by atoms with van der Waals surface area (Å²) in [6.45, 7) is 9.76. The van der Waals surface area contributed by atoms with Crippen molar-refractivity contribution in [3.05, 3.63) is 72.6 Å². The number of aromatic nitrogens is 5. The summed E-state index contributed by atoms with van der Waals surface area (Å²) in [7, 11) is 0. The summed E-state index contributed by atoms with van der Waals surface area (Å²) in [4.78, 5) is 12.4. The molecule has 0 bridgehead atoms. The lowest BCUT2D eigenvalue weighted by Gasteiger charge is -2.07. The van der Waals surface area contributed by atoms with Crippen LogP contribution in [0.4, 0.5) is 0 Å². The second-order valence-corrected chi connectivity index (χ2v) is 6.76. The Bertz CT molecular complexity index is 1190. The molecule has 29 heavy (non-hydrogen) atoms. The predicted octanol–water partition coefficient (Wildman–Crippen LogP) is 4.63. The number of nitrogens with zero attached hydrogens (tertiary/aromatic N) is 3. The second kappa shape index (κ2) is 8.24. The van der Waals surface area contributed by atoms with E-state index in [1.54, 1.807) is 6.20 Å². The number of allylic oxidation sites excluding steroid dienone is 3. The van der Waals surface area contributed by atoms with Gasteiger partial charge in [-0.25, -0.2) is 4.98 Å². The van der Waals surface area contributed by atoms with Crippen molar-refractivity contribution in [2.75, 3.05) is 13.1 Å². The standard InChI is InChI=1S/C23H24N6/c1-4-15(13-24-6-3)10-16(5-2)17-11-18-22(28-29-23(18)26-14-17)21-12-20-19(27-21)8-7-9-25-20/h4-5,7-12,14,24,27H,1,6,13H2,2-3H3,(H,26,28,29)/b15-10+,16-5+. The maximum absolute atomic E-state index is 4.56. The largest absolute Gasteiger partial charge is 0.352 e. The van der Waals surface area contributed by atoms with Gasteiger partial charge in [-0.15, -0.1) is 0 Å². The van der Waals surface area contributed by atoms with Gasteiger partial charge in [-0.2, -0.15) is 5.10 Å². The molecule has 3 N–H and O–H groups in total. The quantitative estimate of drug-likeness (QED) is 0.406. The molecule has 4 aromatic rings. The molecule has 0 unspecified atom stereocenters. The molecule has 0 spiro atoms. The first kappa shape index (κ1) is 18.8. The number of nitrogens with one attached hydrogen (secondary N) is 3. The summed E-state index contributed by atoms with van der Waals surface area (Å²) in [5.74, 6) is 0. The minimum absolute atomic E-state index is 0.686. The van der Waals surface area contributed by atoms with Gasteiger partial charge in [0.25, 0.3) is 0 Å². The van der Waals surface area contributed by atoms with Gasteiger partial charge in [0.05, 0.1) is 22.4 Å². The van der Waals surface area contributed by atoms with Crippen LogP contribution in [-0.4, -0.2) is 38.2 Å². The number of H-pyrrole nitrogens is 2. The lowest BCUT2D eigenvalue weighted by molar-refractivity contribution is 0.785. The monoisotopic (exact) mass is 384 g/mol. The van der Waals surface area contributed by atoms with Gasteiger partial charge in [-0.05, 0) is 48.9 Å². The number of aromatic amines is 2. The maximum Gasteiger partial charge on any atom is 0.181 e. The van der Waals surface area contributed by atoms with Gasteiger partial charge in [0.2, 0.25) is 0 Å². The van der Waals surface area contributed by atoms with Gasteiger partial charge in [0.1, 0.15) is 0 Å². The van der Waals surface area contributed by atoms with Gasteiger partial charge >= 0.3 is 0 Å². The lowest BCUT2D eigenvalue weighted by atomic mass is 10.0. The lowest BCUT2D eigenvalue weighted by Crippen LogP contribution is -2.15. The summed E-state index contributed by atoms with van der Waals surface area (Å²) in [6.07, 6.45) is 9.77. The molecule has 6 heteroatoms. The van der Waals surface area contributed by atoms with Crippen molar-refractivity contribution in [3.63, 3.8) is 0 Å². The zero-order valence-electron chi connectivity index (χ0n) is 16.7. The number of likely N-dealkylation sites (N-methyl/N-ethyl adjacent to an activating group) is 1. The maximum atomic E-state index is 4.56. The highest BCUT2D eigenvalue weighted by atomic mass is 15.2. The molecule has 146 valence electrons. The van der Waals surface area contributed by atoms with E-state index in [4.69, 9.17) is 0 Å². The normalized spacial score (nSPS) is 12.8. The Kier molecular flexibility index (Phi) is 5.35. The molecule has 0 radical (unpaired) electrons. The predicted molar refractivity (Wildman–Crippen MR) is 119 cm³/mol. The van der Waals surface area contributed by atoms with E-state index in [2.05, 4.69) is 62.2 Å². The minimum Gasteiger partial charge on any atom is -0.352 e. The van der Waals surface area contributed by atoms with Crippen molar-refractivity contribution in [1.29, 1.82) is 0 Å². The first-order valence-corrected chi connectivity index (χ1v) is 9.72. The van der Waals surface area contributed by atoms with Gasteiger partial charge < -0.3 is 10.3 Å². The zero-order chi connectivity index (χ0) is 20.2. The van der Waals surface area contributed by atoms with Crippen LogP contribution in [-0.2, 0) is 0 Å². The van der Waals surface area contributed by atoms with Crippen LogP contribution >= 0.6 is 0 Å². The zero-order valence-corrected chi connectivity index (χ0v) is 16.7. The average molecular weight is 384 g/mol. The first-order valence-electron chi connectivity index (χ1n) is 9.72. The molecular formula is C23H24N6. The molecule has 0 aliphatic heterocycles. The number of fused-ring (bicyclic) bond motifs is 2. The van der Waals surface area contributed by atoms with Gasteiger partial charge in [-0.3, -0.25) is 10.1 Å². The molecule has 0 atom stereocenters. The fraction of sp³-hybridized carbons (Fsp3) is 0.174. The van der Waals surface area contributed by atoms with Crippen molar-refractivity contribution in [3.8, 4) is 11.4 Å². The summed E-state index contributed by atoms with van der Waals surface area (Å²) in [5, 5.41) is 11.8. The Morgan fingerprint density at radius 2 is 2.17 bits per heavy atom. The van der Waals surface area contributed by atoms with E-state index in [0.29, 0.717) is 5.65 Å². The topological polar surface area (TPSA) is 82.3 Å². The number of rotatable bonds is 7. The third-order valence-electron chi connectivity index (χ3n) is 4.89. The number of pyridine rings is 2. The molecule has 0 saturated carbocycles. The molecule has 4 heterocycles. The summed E-state index contributed by atoms with van der Waals surface area (Å²) >= 11 is 0. The van der Waals surface area contributed by atoms with Crippen molar-refractivity contribution in [2.45, 2.75) is 13.8 Å². The summed E-state index contributed by atoms with van der Waals surface area (Å²) in [5.41, 5.74) is 7.71. The van der Waals surface area contributed by atoms with Crippen molar-refractivity contribution < 1.29 is 0 Å². The third-order valence-corrected chi connectivity index (χ3v) is 4.89. The highest BCUT2D eigenvalue weighted by molar-refractivity contribution is 5.95. The van der Waals surface area contributed by atoms with Crippen molar-refractivity contribution >= 4 is 27.6 Å². The molecule has 0 aromatic carbocycles. The Morgan fingerprint density at radius 3 is 2.93 bits per heavy atom. The van der Waals surface area contributed by atoms with E-state index in [9.17, 15) is 0 Å². The highest BCUT2D eigenvalue weighted by Crippen LogP contribution is 2.29. The Morgan fingerprint density at radius 1 is 1.28 bits per heavy atom. The molecule has 0 aliphatic rings. The SMILES string of the molecule is C=C/C(=C\C(=C/C)c1cnc2n[nH]c(-c3cc4ncccc4[nH]3)c2c1)CNCC. The third kappa shape index (κ3) is 3.75. The summed E-state index contributed by atoms with van der Waals surface area (Å²) in [6, 6.07) is 8.08. The molecule has 6 nitrogen and oxygen atoms in total. The average Bonchev–Trinajstić information content (AvgIpc) is 3.37. The van der Waals surface area contributed by atoms with Gasteiger partial charge in [-0.1, -0.05) is 31.7 Å². The van der Waals surface area contributed by atoms with Crippen LogP contribution in [0.1, 0.15) is 19.4 Å². The van der Waals surface area contributed by atoms with E-state index in [0.717, 1.165) is 57.6 Å². The van der Waals surface area contributed by atoms with E-state index < -0.39 is 0 Å². The minimum atomic E-state index is 0.686. The first-order chi connectivity index (χ1) is 14.2. The smallest absolute Gasteiger partial charge is 0.181 e. The van der Waals surface area contributed by atoms with Crippen LogP contribution in [0.2, 0.25) is 0 Å². The Labute approximate surface area is 169 Å². The van der Waals surface area contributed by atoms with Crippen LogP contribution in [0.3, 0.4) is 0 Å². The molecule has 0 amide bonds. The van der Waals surface area contributed by atoms with Crippen LogP contribution in [0.15, 0.2) is 67.0 Å².